The van der Waals surface area contributed by atoms with Crippen molar-refractivity contribution in [1.29, 1.82) is 5.26 Å². The molecule has 2 aromatic heterocycles. The number of amides is 1. The van der Waals surface area contributed by atoms with Crippen LogP contribution in [0.4, 0.5) is 0 Å². The minimum atomic E-state index is -0.253. The van der Waals surface area contributed by atoms with Crippen LogP contribution in [0.25, 0.3) is 16.9 Å². The number of aromatic amines is 1. The third-order valence-electron chi connectivity index (χ3n) is 5.83. The molecule has 7 heteroatoms. The maximum atomic E-state index is 12.8. The van der Waals surface area contributed by atoms with Crippen molar-refractivity contribution >= 4 is 5.91 Å². The molecule has 2 heterocycles. The first kappa shape index (κ1) is 19.6. The van der Waals surface area contributed by atoms with Crippen LogP contribution in [0.1, 0.15) is 42.6 Å². The second kappa shape index (κ2) is 7.64. The molecule has 0 spiro atoms. The monoisotopic (exact) mass is 401 g/mol. The summed E-state index contributed by atoms with van der Waals surface area (Å²) in [6.45, 7) is 5.15. The summed E-state index contributed by atoms with van der Waals surface area (Å²) >= 11 is 0. The zero-order valence-electron chi connectivity index (χ0n) is 17.0. The summed E-state index contributed by atoms with van der Waals surface area (Å²) in [6, 6.07) is 12.2. The number of aromatic nitrogens is 3. The molecule has 2 N–H and O–H groups in total. The van der Waals surface area contributed by atoms with Crippen LogP contribution in [0, 0.1) is 22.7 Å². The Morgan fingerprint density at radius 3 is 2.63 bits per heavy atom. The Morgan fingerprint density at radius 2 is 2.03 bits per heavy atom. The molecule has 152 valence electrons. The minimum Gasteiger partial charge on any atom is -0.352 e. The van der Waals surface area contributed by atoms with Crippen LogP contribution in [-0.4, -0.2) is 27.2 Å². The van der Waals surface area contributed by atoms with E-state index in [1.807, 2.05) is 0 Å². The van der Waals surface area contributed by atoms with Gasteiger partial charge in [0.25, 0.3) is 11.5 Å². The third-order valence-corrected chi connectivity index (χ3v) is 5.83. The zero-order valence-corrected chi connectivity index (χ0v) is 17.0. The van der Waals surface area contributed by atoms with E-state index in [1.54, 1.807) is 42.6 Å². The van der Waals surface area contributed by atoms with Crippen LogP contribution in [0.15, 0.2) is 53.6 Å². The number of hydrogen-bond acceptors (Lipinski definition) is 4. The lowest BCUT2D eigenvalue weighted by Gasteiger charge is -2.07. The molecule has 1 amide bonds. The predicted molar refractivity (Wildman–Crippen MR) is 113 cm³/mol. The largest absolute Gasteiger partial charge is 0.352 e. The van der Waals surface area contributed by atoms with E-state index in [9.17, 15) is 9.59 Å². The average molecular weight is 401 g/mol. The molecule has 1 fully saturated rings. The van der Waals surface area contributed by atoms with Gasteiger partial charge in [-0.15, -0.1) is 0 Å². The van der Waals surface area contributed by atoms with Gasteiger partial charge in [-0.3, -0.25) is 14.7 Å². The van der Waals surface area contributed by atoms with Crippen molar-refractivity contribution in [2.45, 2.75) is 26.7 Å². The summed E-state index contributed by atoms with van der Waals surface area (Å²) in [7, 11) is 0. The van der Waals surface area contributed by atoms with Crippen molar-refractivity contribution in [3.63, 3.8) is 0 Å². The highest BCUT2D eigenvalue weighted by Gasteiger charge is 2.44. The van der Waals surface area contributed by atoms with Crippen molar-refractivity contribution in [2.24, 2.45) is 11.3 Å². The minimum absolute atomic E-state index is 0.162. The Balaban J connectivity index is 1.44. The first-order valence-corrected chi connectivity index (χ1v) is 9.94. The van der Waals surface area contributed by atoms with Crippen molar-refractivity contribution in [3.8, 4) is 23.0 Å². The summed E-state index contributed by atoms with van der Waals surface area (Å²) in [5.41, 5.74) is 2.34. The molecule has 1 saturated carbocycles. The summed E-state index contributed by atoms with van der Waals surface area (Å²) in [4.78, 5) is 29.3. The number of nitriles is 1. The highest BCUT2D eigenvalue weighted by Crippen LogP contribution is 2.53. The molecule has 1 atom stereocenters. The molecule has 0 aliphatic heterocycles. The number of benzene rings is 1. The molecule has 4 rings (SSSR count). The lowest BCUT2D eigenvalue weighted by molar-refractivity contribution is 0.0952. The first-order valence-electron chi connectivity index (χ1n) is 9.94. The number of hydrogen-bond donors (Lipinski definition) is 2. The van der Waals surface area contributed by atoms with Crippen LogP contribution in [0.2, 0.25) is 0 Å². The predicted octanol–water partition coefficient (Wildman–Crippen LogP) is 3.27. The van der Waals surface area contributed by atoms with Gasteiger partial charge in [-0.25, -0.2) is 9.67 Å². The van der Waals surface area contributed by atoms with Crippen molar-refractivity contribution in [2.75, 3.05) is 6.54 Å². The van der Waals surface area contributed by atoms with Gasteiger partial charge in [-0.1, -0.05) is 26.0 Å². The molecule has 1 aliphatic rings. The Kier molecular flexibility index (Phi) is 5.00. The number of nitrogens with zero attached hydrogens (tertiary/aromatic N) is 3. The summed E-state index contributed by atoms with van der Waals surface area (Å²) < 4.78 is 1.32. The van der Waals surface area contributed by atoms with E-state index in [0.29, 0.717) is 45.9 Å². The Morgan fingerprint density at radius 1 is 1.30 bits per heavy atom. The third kappa shape index (κ3) is 3.90. The van der Waals surface area contributed by atoms with E-state index in [0.717, 1.165) is 6.42 Å². The molecular formula is C23H23N5O2. The van der Waals surface area contributed by atoms with Crippen molar-refractivity contribution in [3.05, 3.63) is 70.3 Å². The molecule has 7 nitrogen and oxygen atoms in total. The van der Waals surface area contributed by atoms with Crippen LogP contribution < -0.4 is 10.9 Å². The molecular weight excluding hydrogens is 378 g/mol. The van der Waals surface area contributed by atoms with E-state index in [1.165, 1.54) is 17.3 Å². The van der Waals surface area contributed by atoms with Crippen LogP contribution in [0.5, 0.6) is 0 Å². The van der Waals surface area contributed by atoms with Gasteiger partial charge in [0, 0.05) is 18.9 Å². The highest BCUT2D eigenvalue weighted by atomic mass is 16.1. The second-order valence-corrected chi connectivity index (χ2v) is 8.36. The summed E-state index contributed by atoms with van der Waals surface area (Å²) in [6.07, 6.45) is 5.28. The molecule has 1 aliphatic carbocycles. The molecule has 1 unspecified atom stereocenters. The lowest BCUT2D eigenvalue weighted by Crippen LogP contribution is -2.25. The summed E-state index contributed by atoms with van der Waals surface area (Å²) in [5, 5.41) is 14.7. The van der Waals surface area contributed by atoms with E-state index in [2.05, 4.69) is 35.3 Å². The number of H-pyrrole nitrogens is 1. The normalized spacial score (nSPS) is 16.6. The van der Waals surface area contributed by atoms with Gasteiger partial charge in [0.1, 0.15) is 0 Å². The van der Waals surface area contributed by atoms with Gasteiger partial charge in [-0.05, 0) is 54.0 Å². The van der Waals surface area contributed by atoms with Crippen LogP contribution in [0.3, 0.4) is 0 Å². The number of carbonyl (C=O) groups is 1. The topological polar surface area (TPSA) is 104 Å². The Bertz CT molecular complexity index is 1160. The Hall–Kier alpha value is -3.66. The number of carbonyl (C=O) groups excluding carboxylic acids is 1. The lowest BCUT2D eigenvalue weighted by atomic mass is 10.1. The molecule has 0 bridgehead atoms. The van der Waals surface area contributed by atoms with Gasteiger partial charge in [0.15, 0.2) is 5.82 Å². The SMILES string of the molecule is CC1(C)CC1CCNC(=O)c1ccc(-n2[nH]cc(-c3ccc(C#N)cc3)c2=O)nc1. The fourth-order valence-corrected chi connectivity index (χ4v) is 3.65. The van der Waals surface area contributed by atoms with E-state index < -0.39 is 0 Å². The maximum absolute atomic E-state index is 12.8. The summed E-state index contributed by atoms with van der Waals surface area (Å²) in [5.74, 6) is 0.921. The van der Waals surface area contributed by atoms with E-state index >= 15 is 0 Å². The van der Waals surface area contributed by atoms with Gasteiger partial charge in [-0.2, -0.15) is 5.26 Å². The molecule has 3 aromatic rings. The second-order valence-electron chi connectivity index (χ2n) is 8.36. The highest BCUT2D eigenvalue weighted by molar-refractivity contribution is 5.93. The van der Waals surface area contributed by atoms with Crippen molar-refractivity contribution < 1.29 is 4.79 Å². The van der Waals surface area contributed by atoms with Crippen LogP contribution >= 0.6 is 0 Å². The van der Waals surface area contributed by atoms with Gasteiger partial charge in [0.05, 0.1) is 22.8 Å². The Labute approximate surface area is 174 Å². The first-order chi connectivity index (χ1) is 14.4. The molecule has 1 aromatic carbocycles. The quantitative estimate of drug-likeness (QED) is 0.661. The average Bonchev–Trinajstić information content (AvgIpc) is 3.18. The number of nitrogens with one attached hydrogen (secondary N) is 2. The fourth-order valence-electron chi connectivity index (χ4n) is 3.65. The van der Waals surface area contributed by atoms with Gasteiger partial charge < -0.3 is 5.32 Å². The smallest absolute Gasteiger partial charge is 0.280 e. The van der Waals surface area contributed by atoms with E-state index in [-0.39, 0.29) is 11.5 Å². The van der Waals surface area contributed by atoms with E-state index in [4.69, 9.17) is 5.26 Å². The zero-order chi connectivity index (χ0) is 21.3. The molecule has 0 saturated heterocycles. The van der Waals surface area contributed by atoms with Crippen LogP contribution in [-0.2, 0) is 0 Å². The fraction of sp³-hybridized carbons (Fsp3) is 0.304. The van der Waals surface area contributed by atoms with Crippen molar-refractivity contribution in [1.82, 2.24) is 20.1 Å². The van der Waals surface area contributed by atoms with Gasteiger partial charge in [0.2, 0.25) is 0 Å². The molecule has 30 heavy (non-hydrogen) atoms. The maximum Gasteiger partial charge on any atom is 0.280 e. The molecule has 0 radical (unpaired) electrons. The standard InChI is InChI=1S/C23H23N5O2/c1-23(2)11-18(23)9-10-25-21(29)17-7-8-20(26-13-17)28-22(30)19(14-27-28)16-5-3-15(12-24)4-6-16/h3-8,13-14,18,27H,9-11H2,1-2H3,(H,25,29). The van der Waals surface area contributed by atoms with Gasteiger partial charge >= 0.3 is 0 Å². The number of pyridine rings is 1. The number of rotatable bonds is 6.